The van der Waals surface area contributed by atoms with Crippen LogP contribution in [0.15, 0.2) is 46.9 Å². The molecule has 0 N–H and O–H groups in total. The van der Waals surface area contributed by atoms with E-state index in [1.54, 1.807) is 0 Å². The van der Waals surface area contributed by atoms with E-state index in [4.69, 9.17) is 9.47 Å². The molecule has 2 aromatic rings. The fraction of sp³-hybridized carbons (Fsp3) is 0.500. The summed E-state index contributed by atoms with van der Waals surface area (Å²) in [5.74, 6) is 0.630. The van der Waals surface area contributed by atoms with Crippen molar-refractivity contribution in [3.63, 3.8) is 0 Å². The molecule has 0 heterocycles. The van der Waals surface area contributed by atoms with Crippen LogP contribution in [-0.2, 0) is 9.53 Å². The van der Waals surface area contributed by atoms with Crippen molar-refractivity contribution in [1.82, 2.24) is 0 Å². The highest BCUT2D eigenvalue weighted by Crippen LogP contribution is 2.36. The number of halogens is 2. The molecule has 168 valence electrons. The van der Waals surface area contributed by atoms with Crippen molar-refractivity contribution in [2.45, 2.75) is 77.0 Å². The zero-order valence-corrected chi connectivity index (χ0v) is 20.0. The summed E-state index contributed by atoms with van der Waals surface area (Å²) < 4.78 is 25.8. The van der Waals surface area contributed by atoms with Gasteiger partial charge >= 0.3 is 5.97 Å². The normalized spacial score (nSPS) is 19.6. The van der Waals surface area contributed by atoms with E-state index < -0.39 is 12.1 Å². The molecular formula is C26H32BrFO3. The lowest BCUT2D eigenvalue weighted by Crippen LogP contribution is -2.28. The van der Waals surface area contributed by atoms with E-state index in [-0.39, 0.29) is 12.5 Å². The summed E-state index contributed by atoms with van der Waals surface area (Å²) >= 11 is 3.58. The first kappa shape index (κ1) is 23.8. The molecule has 1 atom stereocenters. The van der Waals surface area contributed by atoms with E-state index in [1.165, 1.54) is 5.56 Å². The summed E-state index contributed by atoms with van der Waals surface area (Å²) in [6.45, 7) is 4.60. The SMILES string of the molecule is CCCC[C@H](F)C(=O)OC1CCC(c2ccc(-c3ccc(OCC)c(Br)c3)cc2)CC1. The Kier molecular flexibility index (Phi) is 8.94. The molecule has 0 aromatic heterocycles. The van der Waals surface area contributed by atoms with Gasteiger partial charge in [-0.15, -0.1) is 0 Å². The lowest BCUT2D eigenvalue weighted by molar-refractivity contribution is -0.157. The van der Waals surface area contributed by atoms with E-state index in [0.29, 0.717) is 18.9 Å². The maximum atomic E-state index is 13.9. The predicted octanol–water partition coefficient (Wildman–Crippen LogP) is 7.61. The topological polar surface area (TPSA) is 35.5 Å². The summed E-state index contributed by atoms with van der Waals surface area (Å²) in [7, 11) is 0. The third-order valence-electron chi connectivity index (χ3n) is 5.97. The molecule has 0 radical (unpaired) electrons. The summed E-state index contributed by atoms with van der Waals surface area (Å²) in [6.07, 6.45) is 3.74. The molecule has 5 heteroatoms. The Balaban J connectivity index is 1.53. The minimum absolute atomic E-state index is 0.149. The molecule has 1 aliphatic rings. The number of hydrogen-bond acceptors (Lipinski definition) is 3. The van der Waals surface area contributed by atoms with Crippen LogP contribution in [0.3, 0.4) is 0 Å². The van der Waals surface area contributed by atoms with Crippen molar-refractivity contribution in [1.29, 1.82) is 0 Å². The second kappa shape index (κ2) is 11.7. The van der Waals surface area contributed by atoms with Crippen molar-refractivity contribution in [3.05, 3.63) is 52.5 Å². The smallest absolute Gasteiger partial charge is 0.340 e. The molecule has 1 saturated carbocycles. The van der Waals surface area contributed by atoms with Crippen molar-refractivity contribution in [2.75, 3.05) is 6.61 Å². The van der Waals surface area contributed by atoms with Gasteiger partial charge in [-0.25, -0.2) is 9.18 Å². The van der Waals surface area contributed by atoms with E-state index >= 15 is 0 Å². The van der Waals surface area contributed by atoms with Crippen molar-refractivity contribution in [2.24, 2.45) is 0 Å². The molecule has 0 unspecified atom stereocenters. The van der Waals surface area contributed by atoms with Gasteiger partial charge in [-0.3, -0.25) is 0 Å². The van der Waals surface area contributed by atoms with Crippen LogP contribution in [0, 0.1) is 0 Å². The first-order chi connectivity index (χ1) is 15.0. The molecule has 1 fully saturated rings. The lowest BCUT2D eigenvalue weighted by Gasteiger charge is -2.29. The van der Waals surface area contributed by atoms with Gasteiger partial charge in [0.05, 0.1) is 11.1 Å². The van der Waals surface area contributed by atoms with Gasteiger partial charge in [0.25, 0.3) is 0 Å². The quantitative estimate of drug-likeness (QED) is 0.339. The lowest BCUT2D eigenvalue weighted by atomic mass is 9.82. The van der Waals surface area contributed by atoms with Gasteiger partial charge in [-0.1, -0.05) is 50.1 Å². The number of esters is 1. The zero-order chi connectivity index (χ0) is 22.2. The van der Waals surface area contributed by atoms with Crippen LogP contribution in [0.2, 0.25) is 0 Å². The maximum Gasteiger partial charge on any atom is 0.340 e. The first-order valence-corrected chi connectivity index (χ1v) is 12.2. The summed E-state index contributed by atoms with van der Waals surface area (Å²) in [5, 5.41) is 0. The maximum absolute atomic E-state index is 13.9. The van der Waals surface area contributed by atoms with Crippen LogP contribution >= 0.6 is 15.9 Å². The predicted molar refractivity (Wildman–Crippen MR) is 126 cm³/mol. The Morgan fingerprint density at radius 3 is 2.35 bits per heavy atom. The number of benzene rings is 2. The standard InChI is InChI=1S/C26H32BrFO3/c1-3-5-6-24(28)26(29)31-22-14-11-19(12-15-22)18-7-9-20(10-8-18)21-13-16-25(30-4-2)23(27)17-21/h7-10,13,16-17,19,22,24H,3-6,11-12,14-15H2,1-2H3/t19?,22?,24-/m0/s1. The van der Waals surface area contributed by atoms with Crippen LogP contribution in [0.5, 0.6) is 5.75 Å². The molecule has 0 saturated heterocycles. The van der Waals surface area contributed by atoms with Crippen LogP contribution in [0.1, 0.15) is 70.3 Å². The molecule has 31 heavy (non-hydrogen) atoms. The number of rotatable bonds is 9. The molecule has 0 bridgehead atoms. The number of ether oxygens (including phenoxy) is 2. The van der Waals surface area contributed by atoms with Gasteiger partial charge in [0, 0.05) is 0 Å². The van der Waals surface area contributed by atoms with Gasteiger partial charge in [-0.05, 0) is 89.7 Å². The number of unbranched alkanes of at least 4 members (excludes halogenated alkanes) is 1. The van der Waals surface area contributed by atoms with Crippen molar-refractivity contribution >= 4 is 21.9 Å². The second-order valence-electron chi connectivity index (χ2n) is 8.22. The minimum atomic E-state index is -1.48. The Bertz CT molecular complexity index is 844. The molecule has 3 rings (SSSR count). The highest BCUT2D eigenvalue weighted by Gasteiger charge is 2.27. The average Bonchev–Trinajstić information content (AvgIpc) is 2.79. The first-order valence-electron chi connectivity index (χ1n) is 11.4. The van der Waals surface area contributed by atoms with Crippen molar-refractivity contribution in [3.8, 4) is 16.9 Å². The van der Waals surface area contributed by atoms with Crippen molar-refractivity contribution < 1.29 is 18.7 Å². The van der Waals surface area contributed by atoms with E-state index in [1.807, 2.05) is 19.9 Å². The Morgan fingerprint density at radius 1 is 1.06 bits per heavy atom. The molecule has 0 amide bonds. The largest absolute Gasteiger partial charge is 0.493 e. The number of alkyl halides is 1. The number of carbonyl (C=O) groups excluding carboxylic acids is 1. The summed E-state index contributed by atoms with van der Waals surface area (Å²) in [6, 6.07) is 14.8. The van der Waals surface area contributed by atoms with Crippen LogP contribution in [0.25, 0.3) is 11.1 Å². The fourth-order valence-corrected chi connectivity index (χ4v) is 4.65. The van der Waals surface area contributed by atoms with Gasteiger partial charge in [0.1, 0.15) is 11.9 Å². The summed E-state index contributed by atoms with van der Waals surface area (Å²) in [5.41, 5.74) is 3.61. The van der Waals surface area contributed by atoms with E-state index in [2.05, 4.69) is 52.3 Å². The molecule has 0 aliphatic heterocycles. The second-order valence-corrected chi connectivity index (χ2v) is 9.07. The molecular weight excluding hydrogens is 459 g/mol. The third kappa shape index (κ3) is 6.55. The number of hydrogen-bond donors (Lipinski definition) is 0. The van der Waals surface area contributed by atoms with Gasteiger partial charge in [0.2, 0.25) is 0 Å². The molecule has 3 nitrogen and oxygen atoms in total. The van der Waals surface area contributed by atoms with Crippen LogP contribution in [0.4, 0.5) is 4.39 Å². The third-order valence-corrected chi connectivity index (χ3v) is 6.59. The summed E-state index contributed by atoms with van der Waals surface area (Å²) in [4.78, 5) is 11.9. The Labute approximate surface area is 193 Å². The molecule has 1 aliphatic carbocycles. The zero-order valence-electron chi connectivity index (χ0n) is 18.4. The highest BCUT2D eigenvalue weighted by molar-refractivity contribution is 9.10. The van der Waals surface area contributed by atoms with E-state index in [0.717, 1.165) is 53.5 Å². The van der Waals surface area contributed by atoms with Crippen LogP contribution in [-0.4, -0.2) is 24.9 Å². The number of carbonyl (C=O) groups is 1. The monoisotopic (exact) mass is 490 g/mol. The van der Waals surface area contributed by atoms with Gasteiger partial charge in [0.15, 0.2) is 6.17 Å². The Hall–Kier alpha value is -1.88. The van der Waals surface area contributed by atoms with Gasteiger partial charge < -0.3 is 9.47 Å². The fourth-order valence-electron chi connectivity index (χ4n) is 4.15. The Morgan fingerprint density at radius 2 is 1.74 bits per heavy atom. The van der Waals surface area contributed by atoms with Crippen LogP contribution < -0.4 is 4.74 Å². The van der Waals surface area contributed by atoms with E-state index in [9.17, 15) is 9.18 Å². The average molecular weight is 491 g/mol. The molecule has 0 spiro atoms. The minimum Gasteiger partial charge on any atom is -0.493 e. The highest BCUT2D eigenvalue weighted by atomic mass is 79.9. The van der Waals surface area contributed by atoms with Gasteiger partial charge in [-0.2, -0.15) is 0 Å². The molecule has 2 aromatic carbocycles.